The van der Waals surface area contributed by atoms with Gasteiger partial charge >= 0.3 is 0 Å². The van der Waals surface area contributed by atoms with Crippen LogP contribution in [0.15, 0.2) is 30.3 Å². The third kappa shape index (κ3) is 4.10. The van der Waals surface area contributed by atoms with Crippen molar-refractivity contribution in [3.63, 3.8) is 0 Å². The minimum absolute atomic E-state index is 0.181. The summed E-state index contributed by atoms with van der Waals surface area (Å²) in [5.74, 6) is 0.639. The molecule has 1 aliphatic carbocycles. The number of rotatable bonds is 6. The summed E-state index contributed by atoms with van der Waals surface area (Å²) in [5, 5.41) is 12.6. The highest BCUT2D eigenvalue weighted by atomic mass is 16.5. The fraction of sp³-hybridized carbons (Fsp3) is 0.438. The van der Waals surface area contributed by atoms with Crippen LogP contribution >= 0.6 is 0 Å². The van der Waals surface area contributed by atoms with E-state index in [0.29, 0.717) is 13.2 Å². The SMILES string of the molecule is CCOc1ccc(C=CC(=O)NCC2(O)CCC2)cc1. The first-order valence-electron chi connectivity index (χ1n) is 7.02. The van der Waals surface area contributed by atoms with Gasteiger partial charge in [-0.25, -0.2) is 0 Å². The van der Waals surface area contributed by atoms with Gasteiger partial charge in [0, 0.05) is 12.6 Å². The molecule has 108 valence electrons. The van der Waals surface area contributed by atoms with Gasteiger partial charge in [0.2, 0.25) is 5.91 Å². The van der Waals surface area contributed by atoms with Gasteiger partial charge in [0.25, 0.3) is 0 Å². The molecule has 0 aromatic heterocycles. The van der Waals surface area contributed by atoms with Gasteiger partial charge < -0.3 is 15.2 Å². The summed E-state index contributed by atoms with van der Waals surface area (Å²) in [6, 6.07) is 7.54. The molecule has 4 nitrogen and oxygen atoms in total. The van der Waals surface area contributed by atoms with Crippen molar-refractivity contribution >= 4 is 12.0 Å². The molecule has 2 N–H and O–H groups in total. The number of benzene rings is 1. The number of carbonyl (C=O) groups is 1. The molecule has 1 amide bonds. The number of hydrogen-bond acceptors (Lipinski definition) is 3. The van der Waals surface area contributed by atoms with E-state index >= 15 is 0 Å². The molecule has 0 atom stereocenters. The fourth-order valence-corrected chi connectivity index (χ4v) is 2.09. The van der Waals surface area contributed by atoms with Crippen LogP contribution in [0.3, 0.4) is 0 Å². The molecule has 0 saturated heterocycles. The van der Waals surface area contributed by atoms with E-state index in [1.54, 1.807) is 6.08 Å². The average Bonchev–Trinajstić information content (AvgIpc) is 2.42. The lowest BCUT2D eigenvalue weighted by molar-refractivity contribution is -0.118. The molecule has 0 unspecified atom stereocenters. The smallest absolute Gasteiger partial charge is 0.244 e. The van der Waals surface area contributed by atoms with Gasteiger partial charge in [0.05, 0.1) is 12.2 Å². The van der Waals surface area contributed by atoms with Crippen LogP contribution in [0.5, 0.6) is 5.75 Å². The van der Waals surface area contributed by atoms with Crippen molar-refractivity contribution < 1.29 is 14.6 Å². The summed E-state index contributed by atoms with van der Waals surface area (Å²) >= 11 is 0. The highest BCUT2D eigenvalue weighted by Crippen LogP contribution is 2.30. The zero-order valence-electron chi connectivity index (χ0n) is 11.8. The Morgan fingerprint density at radius 1 is 1.40 bits per heavy atom. The van der Waals surface area contributed by atoms with Crippen molar-refractivity contribution in [1.82, 2.24) is 5.32 Å². The fourth-order valence-electron chi connectivity index (χ4n) is 2.09. The largest absolute Gasteiger partial charge is 0.494 e. The lowest BCUT2D eigenvalue weighted by Crippen LogP contribution is -2.47. The first-order chi connectivity index (χ1) is 9.61. The maximum Gasteiger partial charge on any atom is 0.244 e. The number of ether oxygens (including phenoxy) is 1. The van der Waals surface area contributed by atoms with Crippen molar-refractivity contribution in [2.75, 3.05) is 13.2 Å². The van der Waals surface area contributed by atoms with Crippen LogP contribution in [0.1, 0.15) is 31.7 Å². The number of hydrogen-bond donors (Lipinski definition) is 2. The monoisotopic (exact) mass is 275 g/mol. The third-order valence-corrected chi connectivity index (χ3v) is 3.49. The number of nitrogens with one attached hydrogen (secondary N) is 1. The zero-order chi connectivity index (χ0) is 14.4. The Morgan fingerprint density at radius 3 is 2.65 bits per heavy atom. The van der Waals surface area contributed by atoms with E-state index in [4.69, 9.17) is 4.74 Å². The van der Waals surface area contributed by atoms with Crippen LogP contribution in [0.4, 0.5) is 0 Å². The highest BCUT2D eigenvalue weighted by molar-refractivity contribution is 5.91. The van der Waals surface area contributed by atoms with E-state index < -0.39 is 5.60 Å². The molecule has 0 aliphatic heterocycles. The standard InChI is InChI=1S/C16H21NO3/c1-2-20-14-7-4-13(5-8-14)6-9-15(18)17-12-16(19)10-3-11-16/h4-9,19H,2-3,10-12H2,1H3,(H,17,18). The van der Waals surface area contributed by atoms with Crippen LogP contribution in [0.25, 0.3) is 6.08 Å². The zero-order valence-corrected chi connectivity index (χ0v) is 11.8. The summed E-state index contributed by atoms with van der Waals surface area (Å²) in [7, 11) is 0. The van der Waals surface area contributed by atoms with Crippen molar-refractivity contribution in [2.45, 2.75) is 31.8 Å². The predicted molar refractivity (Wildman–Crippen MR) is 78.5 cm³/mol. The first kappa shape index (κ1) is 14.6. The van der Waals surface area contributed by atoms with Crippen molar-refractivity contribution in [2.24, 2.45) is 0 Å². The first-order valence-corrected chi connectivity index (χ1v) is 7.02. The molecular weight excluding hydrogens is 254 g/mol. The van der Waals surface area contributed by atoms with Crippen LogP contribution in [-0.4, -0.2) is 29.8 Å². The molecule has 1 saturated carbocycles. The Labute approximate surface area is 119 Å². The van der Waals surface area contributed by atoms with E-state index in [0.717, 1.165) is 30.6 Å². The van der Waals surface area contributed by atoms with Gasteiger partial charge in [-0.2, -0.15) is 0 Å². The molecular formula is C16H21NO3. The molecule has 1 aliphatic rings. The van der Waals surface area contributed by atoms with E-state index in [1.165, 1.54) is 6.08 Å². The second-order valence-corrected chi connectivity index (χ2v) is 5.13. The van der Waals surface area contributed by atoms with E-state index in [-0.39, 0.29) is 5.91 Å². The Morgan fingerprint density at radius 2 is 2.10 bits per heavy atom. The van der Waals surface area contributed by atoms with Gasteiger partial charge in [-0.15, -0.1) is 0 Å². The molecule has 1 aromatic carbocycles. The van der Waals surface area contributed by atoms with Crippen LogP contribution in [-0.2, 0) is 4.79 Å². The molecule has 1 aromatic rings. The minimum Gasteiger partial charge on any atom is -0.494 e. The molecule has 4 heteroatoms. The van der Waals surface area contributed by atoms with Gasteiger partial charge in [0.1, 0.15) is 5.75 Å². The van der Waals surface area contributed by atoms with E-state index in [9.17, 15) is 9.90 Å². The Bertz CT molecular complexity index is 475. The maximum absolute atomic E-state index is 11.6. The van der Waals surface area contributed by atoms with Crippen molar-refractivity contribution in [1.29, 1.82) is 0 Å². The molecule has 0 heterocycles. The van der Waals surface area contributed by atoms with Gasteiger partial charge in [0.15, 0.2) is 0 Å². The Hall–Kier alpha value is -1.81. The molecule has 0 radical (unpaired) electrons. The highest BCUT2D eigenvalue weighted by Gasteiger charge is 2.34. The second kappa shape index (κ2) is 6.57. The summed E-state index contributed by atoms with van der Waals surface area (Å²) in [4.78, 5) is 11.6. The van der Waals surface area contributed by atoms with Gasteiger partial charge in [-0.3, -0.25) is 4.79 Å². The van der Waals surface area contributed by atoms with Crippen molar-refractivity contribution in [3.05, 3.63) is 35.9 Å². The predicted octanol–water partition coefficient (Wildman–Crippen LogP) is 2.13. The number of aliphatic hydroxyl groups is 1. The summed E-state index contributed by atoms with van der Waals surface area (Å²) in [6.07, 6.45) is 5.81. The third-order valence-electron chi connectivity index (χ3n) is 3.49. The normalized spacial score (nSPS) is 16.7. The summed E-state index contributed by atoms with van der Waals surface area (Å²) in [6.45, 7) is 2.91. The van der Waals surface area contributed by atoms with Gasteiger partial charge in [-0.1, -0.05) is 12.1 Å². The molecule has 0 spiro atoms. The molecule has 1 fully saturated rings. The average molecular weight is 275 g/mol. The van der Waals surface area contributed by atoms with Crippen molar-refractivity contribution in [3.8, 4) is 5.75 Å². The van der Waals surface area contributed by atoms with Crippen LogP contribution < -0.4 is 10.1 Å². The Kier molecular flexibility index (Phi) is 4.79. The quantitative estimate of drug-likeness (QED) is 0.782. The molecule has 2 rings (SSSR count). The number of carbonyl (C=O) groups excluding carboxylic acids is 1. The maximum atomic E-state index is 11.6. The second-order valence-electron chi connectivity index (χ2n) is 5.13. The lowest BCUT2D eigenvalue weighted by atomic mass is 9.80. The van der Waals surface area contributed by atoms with Gasteiger partial charge in [-0.05, 0) is 50.0 Å². The molecule has 0 bridgehead atoms. The van der Waals surface area contributed by atoms with Crippen LogP contribution in [0, 0.1) is 0 Å². The lowest BCUT2D eigenvalue weighted by Gasteiger charge is -2.36. The topological polar surface area (TPSA) is 58.6 Å². The summed E-state index contributed by atoms with van der Waals surface area (Å²) < 4.78 is 5.35. The van der Waals surface area contributed by atoms with E-state index in [2.05, 4.69) is 5.32 Å². The molecule has 20 heavy (non-hydrogen) atoms. The van der Waals surface area contributed by atoms with E-state index in [1.807, 2.05) is 31.2 Å². The Balaban J connectivity index is 1.80. The van der Waals surface area contributed by atoms with Crippen LogP contribution in [0.2, 0.25) is 0 Å². The minimum atomic E-state index is -0.678. The number of amides is 1. The summed E-state index contributed by atoms with van der Waals surface area (Å²) in [5.41, 5.74) is 0.258.